The van der Waals surface area contributed by atoms with Crippen LogP contribution in [0.3, 0.4) is 0 Å². The van der Waals surface area contributed by atoms with Crippen LogP contribution in [-0.4, -0.2) is 57.1 Å². The summed E-state index contributed by atoms with van der Waals surface area (Å²) in [4.78, 5) is 26.4. The van der Waals surface area contributed by atoms with E-state index >= 15 is 0 Å². The van der Waals surface area contributed by atoms with Crippen LogP contribution in [0.1, 0.15) is 32.1 Å². The number of aliphatic hydroxyl groups is 2. The molecule has 0 aromatic carbocycles. The molecule has 2 fully saturated rings. The van der Waals surface area contributed by atoms with Crippen LogP contribution in [-0.2, 0) is 14.2 Å². The number of nitrogens with zero attached hydrogens (tertiary/aromatic N) is 1. The standard InChI is InChI=1S/C16H22N2O7/c1-16(2)24-11-10(8-20)23-14(12(11)25-16)18-7-9(5-3-4-6-19)13(21)17-15(18)22/h3,5,7,10-12,14,19-20H,4,6,8H2,1-2H3,(H,17,21,22)/b5-3+. The fourth-order valence-corrected chi connectivity index (χ4v) is 3.12. The number of aromatic amines is 1. The number of aromatic nitrogens is 2. The largest absolute Gasteiger partial charge is 0.396 e. The maximum absolute atomic E-state index is 12.3. The topological polar surface area (TPSA) is 123 Å². The summed E-state index contributed by atoms with van der Waals surface area (Å²) in [5.41, 5.74) is -0.925. The van der Waals surface area contributed by atoms with E-state index in [-0.39, 0.29) is 18.8 Å². The zero-order chi connectivity index (χ0) is 18.2. The molecule has 2 aliphatic heterocycles. The summed E-state index contributed by atoms with van der Waals surface area (Å²) in [6, 6.07) is 0. The lowest BCUT2D eigenvalue weighted by atomic mass is 10.1. The Morgan fingerprint density at radius 3 is 2.68 bits per heavy atom. The summed E-state index contributed by atoms with van der Waals surface area (Å²) in [6.45, 7) is 3.17. The molecule has 1 aromatic heterocycles. The molecule has 4 unspecified atom stereocenters. The predicted octanol–water partition coefficient (Wildman–Crippen LogP) is -0.658. The van der Waals surface area contributed by atoms with Gasteiger partial charge in [0.1, 0.15) is 18.3 Å². The minimum Gasteiger partial charge on any atom is -0.396 e. The van der Waals surface area contributed by atoms with E-state index in [0.29, 0.717) is 6.42 Å². The van der Waals surface area contributed by atoms with Gasteiger partial charge in [0.2, 0.25) is 0 Å². The van der Waals surface area contributed by atoms with Gasteiger partial charge >= 0.3 is 5.69 Å². The normalized spacial score (nSPS) is 30.9. The Morgan fingerprint density at radius 1 is 1.28 bits per heavy atom. The minimum atomic E-state index is -0.861. The van der Waals surface area contributed by atoms with Gasteiger partial charge in [-0.15, -0.1) is 0 Å². The van der Waals surface area contributed by atoms with Crippen molar-refractivity contribution in [1.82, 2.24) is 9.55 Å². The highest BCUT2D eigenvalue weighted by molar-refractivity contribution is 5.46. The van der Waals surface area contributed by atoms with E-state index in [9.17, 15) is 14.7 Å². The molecule has 3 heterocycles. The van der Waals surface area contributed by atoms with Crippen LogP contribution >= 0.6 is 0 Å². The van der Waals surface area contributed by atoms with Crippen molar-refractivity contribution in [3.63, 3.8) is 0 Å². The molecule has 0 amide bonds. The molecule has 2 aliphatic rings. The average molecular weight is 354 g/mol. The zero-order valence-electron chi connectivity index (χ0n) is 14.0. The SMILES string of the molecule is CC1(C)OC2C(CO)OC(n3cc(/C=C/CCO)c(=O)[nH]c3=O)C2O1. The monoisotopic (exact) mass is 354 g/mol. The highest BCUT2D eigenvalue weighted by Crippen LogP contribution is 2.42. The molecule has 4 atom stereocenters. The molecule has 9 nitrogen and oxygen atoms in total. The summed E-state index contributed by atoms with van der Waals surface area (Å²) < 4.78 is 18.6. The molecule has 25 heavy (non-hydrogen) atoms. The lowest BCUT2D eigenvalue weighted by Gasteiger charge is -2.24. The highest BCUT2D eigenvalue weighted by atomic mass is 16.8. The second-order valence-electron chi connectivity index (χ2n) is 6.48. The molecule has 1 aromatic rings. The molecular weight excluding hydrogens is 332 g/mol. The van der Waals surface area contributed by atoms with Crippen LogP contribution in [0.15, 0.2) is 21.9 Å². The number of H-pyrrole nitrogens is 1. The first-order valence-electron chi connectivity index (χ1n) is 8.11. The van der Waals surface area contributed by atoms with Crippen molar-refractivity contribution < 1.29 is 24.4 Å². The average Bonchev–Trinajstić information content (AvgIpc) is 3.02. The first-order chi connectivity index (χ1) is 11.9. The summed E-state index contributed by atoms with van der Waals surface area (Å²) in [7, 11) is 0. The number of hydrogen-bond donors (Lipinski definition) is 3. The summed E-state index contributed by atoms with van der Waals surface area (Å²) in [5.74, 6) is -0.861. The van der Waals surface area contributed by atoms with E-state index in [1.165, 1.54) is 16.8 Å². The second-order valence-corrected chi connectivity index (χ2v) is 6.48. The Labute approximate surface area is 143 Å². The first kappa shape index (κ1) is 18.0. The van der Waals surface area contributed by atoms with Crippen LogP contribution in [0.25, 0.3) is 6.08 Å². The van der Waals surface area contributed by atoms with Gasteiger partial charge in [-0.2, -0.15) is 0 Å². The van der Waals surface area contributed by atoms with E-state index in [0.717, 1.165) is 0 Å². The van der Waals surface area contributed by atoms with Gasteiger partial charge in [-0.25, -0.2) is 4.79 Å². The third kappa shape index (κ3) is 3.46. The van der Waals surface area contributed by atoms with Crippen molar-refractivity contribution in [2.24, 2.45) is 0 Å². The predicted molar refractivity (Wildman–Crippen MR) is 86.9 cm³/mol. The van der Waals surface area contributed by atoms with Gasteiger partial charge in [0.15, 0.2) is 12.0 Å². The molecule has 138 valence electrons. The number of ether oxygens (including phenoxy) is 3. The molecule has 2 saturated heterocycles. The van der Waals surface area contributed by atoms with Crippen molar-refractivity contribution in [2.45, 2.75) is 50.6 Å². The fraction of sp³-hybridized carbons (Fsp3) is 0.625. The van der Waals surface area contributed by atoms with Crippen LogP contribution < -0.4 is 11.2 Å². The maximum Gasteiger partial charge on any atom is 0.330 e. The first-order valence-corrected chi connectivity index (χ1v) is 8.11. The minimum absolute atomic E-state index is 0.0397. The fourth-order valence-electron chi connectivity index (χ4n) is 3.12. The highest BCUT2D eigenvalue weighted by Gasteiger charge is 2.55. The Hall–Kier alpha value is -1.78. The molecule has 0 aliphatic carbocycles. The lowest BCUT2D eigenvalue weighted by molar-refractivity contribution is -0.200. The number of rotatable bonds is 5. The van der Waals surface area contributed by atoms with Gasteiger partial charge in [-0.05, 0) is 20.3 Å². The molecule has 9 heteroatoms. The van der Waals surface area contributed by atoms with Gasteiger partial charge in [0, 0.05) is 12.8 Å². The van der Waals surface area contributed by atoms with Gasteiger partial charge in [-0.3, -0.25) is 14.3 Å². The molecule has 3 rings (SSSR count). The summed E-state index contributed by atoms with van der Waals surface area (Å²) in [5, 5.41) is 18.3. The number of nitrogens with one attached hydrogen (secondary N) is 1. The third-order valence-corrected chi connectivity index (χ3v) is 4.17. The van der Waals surface area contributed by atoms with Crippen LogP contribution in [0.5, 0.6) is 0 Å². The zero-order valence-corrected chi connectivity index (χ0v) is 14.0. The maximum atomic E-state index is 12.3. The summed E-state index contributed by atoms with van der Waals surface area (Å²) >= 11 is 0. The Balaban J connectivity index is 1.97. The molecule has 0 bridgehead atoms. The van der Waals surface area contributed by atoms with Gasteiger partial charge in [-0.1, -0.05) is 12.2 Å². The van der Waals surface area contributed by atoms with Gasteiger partial charge < -0.3 is 24.4 Å². The van der Waals surface area contributed by atoms with Crippen molar-refractivity contribution in [2.75, 3.05) is 13.2 Å². The Morgan fingerprint density at radius 2 is 2.00 bits per heavy atom. The third-order valence-electron chi connectivity index (χ3n) is 4.17. The molecule has 0 saturated carbocycles. The Bertz CT molecular complexity index is 766. The number of fused-ring (bicyclic) bond motifs is 1. The van der Waals surface area contributed by atoms with Crippen LogP contribution in [0.4, 0.5) is 0 Å². The quantitative estimate of drug-likeness (QED) is 0.641. The smallest absolute Gasteiger partial charge is 0.330 e. The molecule has 3 N–H and O–H groups in total. The van der Waals surface area contributed by atoms with Gasteiger partial charge in [0.05, 0.1) is 12.2 Å². The Kier molecular flexibility index (Phi) is 4.94. The van der Waals surface area contributed by atoms with Crippen molar-refractivity contribution in [3.8, 4) is 0 Å². The molecule has 0 radical (unpaired) electrons. The van der Waals surface area contributed by atoms with Crippen molar-refractivity contribution >= 4 is 6.08 Å². The van der Waals surface area contributed by atoms with Crippen LogP contribution in [0, 0.1) is 0 Å². The lowest BCUT2D eigenvalue weighted by Crippen LogP contribution is -2.38. The van der Waals surface area contributed by atoms with E-state index in [1.807, 2.05) is 0 Å². The van der Waals surface area contributed by atoms with Gasteiger partial charge in [0.25, 0.3) is 5.56 Å². The van der Waals surface area contributed by atoms with Crippen molar-refractivity contribution in [3.05, 3.63) is 38.7 Å². The number of hydrogen-bond acceptors (Lipinski definition) is 7. The van der Waals surface area contributed by atoms with E-state index in [2.05, 4.69) is 4.98 Å². The van der Waals surface area contributed by atoms with E-state index in [1.54, 1.807) is 19.9 Å². The molecular formula is C16H22N2O7. The van der Waals surface area contributed by atoms with Crippen LogP contribution in [0.2, 0.25) is 0 Å². The second kappa shape index (κ2) is 6.85. The van der Waals surface area contributed by atoms with Crippen molar-refractivity contribution in [1.29, 1.82) is 0 Å². The number of aliphatic hydroxyl groups excluding tert-OH is 2. The molecule has 0 spiro atoms. The van der Waals surface area contributed by atoms with E-state index in [4.69, 9.17) is 19.3 Å². The van der Waals surface area contributed by atoms with E-state index < -0.39 is 41.6 Å². The summed E-state index contributed by atoms with van der Waals surface area (Å²) in [6.07, 6.45) is 2.35.